The molecule has 0 spiro atoms. The highest BCUT2D eigenvalue weighted by atomic mass is 19.4. The Morgan fingerprint density at radius 1 is 1.28 bits per heavy atom. The van der Waals surface area contributed by atoms with Gasteiger partial charge in [0.1, 0.15) is 24.1 Å². The molecule has 0 saturated carbocycles. The zero-order chi connectivity index (χ0) is 13.8. The largest absolute Gasteiger partial charge is 0.411 e. The van der Waals surface area contributed by atoms with Gasteiger partial charge in [-0.1, -0.05) is 0 Å². The van der Waals surface area contributed by atoms with Crippen LogP contribution in [0.25, 0.3) is 0 Å². The SMILES string of the molecule is Cc1nc(N)c(C)c(NCCOCC(F)(F)F)n1. The average molecular weight is 264 g/mol. The highest BCUT2D eigenvalue weighted by Crippen LogP contribution is 2.17. The Bertz CT molecular complexity index is 409. The molecule has 0 aliphatic heterocycles. The Labute approximate surface area is 103 Å². The summed E-state index contributed by atoms with van der Waals surface area (Å²) in [5, 5.41) is 2.86. The van der Waals surface area contributed by atoms with Crippen LogP contribution < -0.4 is 11.1 Å². The van der Waals surface area contributed by atoms with Crippen molar-refractivity contribution in [3.63, 3.8) is 0 Å². The Hall–Kier alpha value is -1.57. The van der Waals surface area contributed by atoms with Crippen molar-refractivity contribution in [2.45, 2.75) is 20.0 Å². The number of alkyl halides is 3. The normalized spacial score (nSPS) is 11.6. The van der Waals surface area contributed by atoms with Crippen molar-refractivity contribution in [2.75, 3.05) is 30.8 Å². The Kier molecular flexibility index (Phi) is 4.71. The van der Waals surface area contributed by atoms with Gasteiger partial charge < -0.3 is 15.8 Å². The number of aryl methyl sites for hydroxylation is 1. The van der Waals surface area contributed by atoms with Gasteiger partial charge in [-0.15, -0.1) is 0 Å². The van der Waals surface area contributed by atoms with E-state index in [2.05, 4.69) is 20.0 Å². The molecule has 0 aliphatic carbocycles. The molecule has 1 aromatic heterocycles. The molecular formula is C10H15F3N4O. The molecule has 18 heavy (non-hydrogen) atoms. The van der Waals surface area contributed by atoms with Gasteiger partial charge in [0.05, 0.1) is 6.61 Å². The molecule has 1 rings (SSSR count). The molecule has 1 aromatic rings. The molecule has 8 heteroatoms. The van der Waals surface area contributed by atoms with E-state index in [1.54, 1.807) is 13.8 Å². The molecule has 0 aliphatic rings. The van der Waals surface area contributed by atoms with Gasteiger partial charge in [-0.05, 0) is 13.8 Å². The minimum absolute atomic E-state index is 0.0676. The summed E-state index contributed by atoms with van der Waals surface area (Å²) in [5.41, 5.74) is 6.30. The quantitative estimate of drug-likeness (QED) is 0.791. The lowest BCUT2D eigenvalue weighted by Gasteiger charge is -2.11. The molecule has 1 heterocycles. The molecule has 3 N–H and O–H groups in total. The number of anilines is 2. The third-order valence-corrected chi connectivity index (χ3v) is 2.10. The van der Waals surface area contributed by atoms with Gasteiger partial charge >= 0.3 is 6.18 Å². The number of nitrogens with two attached hydrogens (primary N) is 1. The summed E-state index contributed by atoms with van der Waals surface area (Å²) < 4.78 is 39.8. The van der Waals surface area contributed by atoms with E-state index in [0.717, 1.165) is 0 Å². The maximum Gasteiger partial charge on any atom is 0.411 e. The number of nitrogen functional groups attached to an aromatic ring is 1. The van der Waals surface area contributed by atoms with Crippen LogP contribution in [0, 0.1) is 13.8 Å². The van der Waals surface area contributed by atoms with E-state index >= 15 is 0 Å². The van der Waals surface area contributed by atoms with Gasteiger partial charge in [0.25, 0.3) is 0 Å². The first kappa shape index (κ1) is 14.5. The van der Waals surface area contributed by atoms with Gasteiger partial charge in [0.2, 0.25) is 0 Å². The standard InChI is InChI=1S/C10H15F3N4O/c1-6-8(14)16-7(2)17-9(6)15-3-4-18-5-10(11,12)13/h3-5H2,1-2H3,(H3,14,15,16,17). The number of rotatable bonds is 5. The van der Waals surface area contributed by atoms with Gasteiger partial charge in [0.15, 0.2) is 0 Å². The fourth-order valence-electron chi connectivity index (χ4n) is 1.25. The van der Waals surface area contributed by atoms with E-state index in [-0.39, 0.29) is 13.2 Å². The Balaban J connectivity index is 2.40. The van der Waals surface area contributed by atoms with Crippen LogP contribution in [0.15, 0.2) is 0 Å². The Morgan fingerprint density at radius 3 is 2.56 bits per heavy atom. The molecule has 0 saturated heterocycles. The third-order valence-electron chi connectivity index (χ3n) is 2.10. The van der Waals surface area contributed by atoms with Crippen molar-refractivity contribution >= 4 is 11.6 Å². The minimum atomic E-state index is -4.30. The second kappa shape index (κ2) is 5.85. The summed E-state index contributed by atoms with van der Waals surface area (Å²) in [7, 11) is 0. The summed E-state index contributed by atoms with van der Waals surface area (Å²) in [6, 6.07) is 0. The zero-order valence-corrected chi connectivity index (χ0v) is 10.1. The maximum absolute atomic E-state index is 11.8. The van der Waals surface area contributed by atoms with Crippen LogP contribution in [0.5, 0.6) is 0 Å². The maximum atomic E-state index is 11.8. The molecular weight excluding hydrogens is 249 g/mol. The predicted molar refractivity (Wildman–Crippen MR) is 61.3 cm³/mol. The first-order valence-corrected chi connectivity index (χ1v) is 5.28. The lowest BCUT2D eigenvalue weighted by molar-refractivity contribution is -0.172. The highest BCUT2D eigenvalue weighted by molar-refractivity contribution is 5.54. The summed E-state index contributed by atoms with van der Waals surface area (Å²) in [4.78, 5) is 8.06. The van der Waals surface area contributed by atoms with Crippen LogP contribution >= 0.6 is 0 Å². The van der Waals surface area contributed by atoms with Crippen LogP contribution in [0.3, 0.4) is 0 Å². The molecule has 0 amide bonds. The second-order valence-electron chi connectivity index (χ2n) is 3.72. The number of ether oxygens (including phenoxy) is 1. The average Bonchev–Trinajstić information content (AvgIpc) is 2.22. The molecule has 0 unspecified atom stereocenters. The summed E-state index contributed by atoms with van der Waals surface area (Å²) in [6.07, 6.45) is -4.30. The monoisotopic (exact) mass is 264 g/mol. The molecule has 102 valence electrons. The summed E-state index contributed by atoms with van der Waals surface area (Å²) >= 11 is 0. The summed E-state index contributed by atoms with van der Waals surface area (Å²) in [5.74, 6) is 1.36. The Morgan fingerprint density at radius 2 is 1.94 bits per heavy atom. The number of hydrogen-bond acceptors (Lipinski definition) is 5. The van der Waals surface area contributed by atoms with Crippen molar-refractivity contribution < 1.29 is 17.9 Å². The fraction of sp³-hybridized carbons (Fsp3) is 0.600. The number of nitrogens with zero attached hydrogens (tertiary/aromatic N) is 2. The van der Waals surface area contributed by atoms with Gasteiger partial charge in [-0.25, -0.2) is 9.97 Å². The third kappa shape index (κ3) is 4.74. The lowest BCUT2D eigenvalue weighted by Crippen LogP contribution is -2.20. The molecule has 0 bridgehead atoms. The summed E-state index contributed by atoms with van der Waals surface area (Å²) in [6.45, 7) is 2.31. The van der Waals surface area contributed by atoms with Gasteiger partial charge in [-0.3, -0.25) is 0 Å². The first-order chi connectivity index (χ1) is 8.29. The smallest absolute Gasteiger partial charge is 0.383 e. The molecule has 0 aromatic carbocycles. The van der Waals surface area contributed by atoms with Crippen LogP contribution in [-0.4, -0.2) is 35.9 Å². The van der Waals surface area contributed by atoms with E-state index in [9.17, 15) is 13.2 Å². The van der Waals surface area contributed by atoms with Crippen LogP contribution in [-0.2, 0) is 4.74 Å². The number of hydrogen-bond donors (Lipinski definition) is 2. The van der Waals surface area contributed by atoms with Crippen molar-refractivity contribution in [2.24, 2.45) is 0 Å². The second-order valence-corrected chi connectivity index (χ2v) is 3.72. The predicted octanol–water partition coefficient (Wildman–Crippen LogP) is 1.67. The van der Waals surface area contributed by atoms with Crippen LogP contribution in [0.4, 0.5) is 24.8 Å². The molecule has 0 radical (unpaired) electrons. The van der Waals surface area contributed by atoms with E-state index in [4.69, 9.17) is 5.73 Å². The van der Waals surface area contributed by atoms with Gasteiger partial charge in [-0.2, -0.15) is 13.2 Å². The zero-order valence-electron chi connectivity index (χ0n) is 10.1. The lowest BCUT2D eigenvalue weighted by atomic mass is 10.3. The number of aromatic nitrogens is 2. The van der Waals surface area contributed by atoms with E-state index < -0.39 is 12.8 Å². The van der Waals surface area contributed by atoms with Crippen molar-refractivity contribution in [3.05, 3.63) is 11.4 Å². The van der Waals surface area contributed by atoms with Crippen LogP contribution in [0.2, 0.25) is 0 Å². The minimum Gasteiger partial charge on any atom is -0.383 e. The number of nitrogens with one attached hydrogen (secondary N) is 1. The van der Waals surface area contributed by atoms with Crippen LogP contribution in [0.1, 0.15) is 11.4 Å². The first-order valence-electron chi connectivity index (χ1n) is 5.28. The highest BCUT2D eigenvalue weighted by Gasteiger charge is 2.27. The fourth-order valence-corrected chi connectivity index (χ4v) is 1.25. The molecule has 0 fully saturated rings. The molecule has 0 atom stereocenters. The van der Waals surface area contributed by atoms with Gasteiger partial charge in [0, 0.05) is 12.1 Å². The van der Waals surface area contributed by atoms with Crippen molar-refractivity contribution in [3.8, 4) is 0 Å². The van der Waals surface area contributed by atoms with E-state index in [0.29, 0.717) is 23.0 Å². The molecule has 5 nitrogen and oxygen atoms in total. The van der Waals surface area contributed by atoms with Crippen molar-refractivity contribution in [1.29, 1.82) is 0 Å². The van der Waals surface area contributed by atoms with E-state index in [1.165, 1.54) is 0 Å². The topological polar surface area (TPSA) is 73.1 Å². The van der Waals surface area contributed by atoms with E-state index in [1.807, 2.05) is 0 Å². The van der Waals surface area contributed by atoms with Crippen molar-refractivity contribution in [1.82, 2.24) is 9.97 Å². The number of halogens is 3.